The molecule has 2 N–H and O–H groups in total. The zero-order valence-electron chi connectivity index (χ0n) is 20.0. The van der Waals surface area contributed by atoms with E-state index in [1.807, 2.05) is 0 Å². The van der Waals surface area contributed by atoms with Gasteiger partial charge >= 0.3 is 18.2 Å². The number of carbonyl (C=O) groups is 2. The smallest absolute Gasteiger partial charge is 0.339 e. The van der Waals surface area contributed by atoms with Crippen LogP contribution in [0.2, 0.25) is 5.02 Å². The fraction of sp³-hybridized carbons (Fsp3) is 0.296. The van der Waals surface area contributed by atoms with Crippen LogP contribution in [0.4, 0.5) is 22.4 Å². The van der Waals surface area contributed by atoms with E-state index in [2.05, 4.69) is 15.8 Å². The number of nitrogens with one attached hydrogen (secondary N) is 2. The third-order valence-corrected chi connectivity index (χ3v) is 6.61. The summed E-state index contributed by atoms with van der Waals surface area (Å²) < 4.78 is 55.2. The van der Waals surface area contributed by atoms with Gasteiger partial charge in [-0.15, -0.1) is 0 Å². The lowest BCUT2D eigenvalue weighted by atomic mass is 9.83. The van der Waals surface area contributed by atoms with Crippen LogP contribution in [0.25, 0.3) is 0 Å². The van der Waals surface area contributed by atoms with Crippen LogP contribution in [-0.4, -0.2) is 17.0 Å². The number of rotatable bonds is 6. The van der Waals surface area contributed by atoms with Gasteiger partial charge in [0.25, 0.3) is 0 Å². The van der Waals surface area contributed by atoms with E-state index >= 15 is 0 Å². The quantitative estimate of drug-likeness (QED) is 0.264. The number of carbonyl (C=O) groups excluding carboxylic acids is 2. The van der Waals surface area contributed by atoms with Gasteiger partial charge in [-0.1, -0.05) is 54.8 Å². The molecule has 2 atom stereocenters. The minimum Gasteiger partial charge on any atom is -0.339 e. The van der Waals surface area contributed by atoms with E-state index in [0.29, 0.717) is 24.5 Å². The molecule has 200 valence electrons. The second kappa shape index (κ2) is 11.8. The second-order valence-corrected chi connectivity index (χ2v) is 9.45. The Morgan fingerprint density at radius 2 is 1.71 bits per heavy atom. The van der Waals surface area contributed by atoms with E-state index < -0.39 is 41.5 Å². The predicted octanol–water partition coefficient (Wildman–Crippen LogP) is 6.71. The second-order valence-electron chi connectivity index (χ2n) is 9.02. The molecule has 2 amide bonds. The highest BCUT2D eigenvalue weighted by Gasteiger charge is 2.35. The fourth-order valence-electron chi connectivity index (χ4n) is 4.59. The SMILES string of the molecule is O=C(NOC(=O)C1CCCC1)NC(c1ccccc1)[C@@H](c1cc(F)cc(C(F)(F)F)c1)c1ccc(Cl)cn1. The summed E-state index contributed by atoms with van der Waals surface area (Å²) >= 11 is 5.98. The summed E-state index contributed by atoms with van der Waals surface area (Å²) in [5.41, 5.74) is 1.53. The number of aromatic nitrogens is 1. The number of urea groups is 1. The summed E-state index contributed by atoms with van der Waals surface area (Å²) in [7, 11) is 0. The third kappa shape index (κ3) is 6.80. The molecule has 1 aliphatic carbocycles. The maximum atomic E-state index is 14.5. The summed E-state index contributed by atoms with van der Waals surface area (Å²) in [6.45, 7) is 0. The molecule has 0 radical (unpaired) electrons. The molecule has 1 unspecified atom stereocenters. The number of hydrogen-bond acceptors (Lipinski definition) is 4. The van der Waals surface area contributed by atoms with Crippen LogP contribution in [0.5, 0.6) is 0 Å². The molecule has 3 aromatic rings. The molecule has 0 aliphatic heterocycles. The zero-order valence-corrected chi connectivity index (χ0v) is 20.7. The molecule has 1 fully saturated rings. The number of alkyl halides is 3. The van der Waals surface area contributed by atoms with Gasteiger partial charge in [0, 0.05) is 6.20 Å². The Labute approximate surface area is 221 Å². The highest BCUT2D eigenvalue weighted by molar-refractivity contribution is 6.30. The van der Waals surface area contributed by atoms with Gasteiger partial charge in [-0.25, -0.2) is 14.0 Å². The van der Waals surface area contributed by atoms with E-state index in [0.717, 1.165) is 25.0 Å². The van der Waals surface area contributed by atoms with Gasteiger partial charge in [0.15, 0.2) is 0 Å². The van der Waals surface area contributed by atoms with E-state index in [1.165, 1.54) is 18.3 Å². The van der Waals surface area contributed by atoms with Crippen molar-refractivity contribution in [3.8, 4) is 0 Å². The van der Waals surface area contributed by atoms with Crippen molar-refractivity contribution in [1.82, 2.24) is 15.8 Å². The van der Waals surface area contributed by atoms with Gasteiger partial charge in [0.05, 0.1) is 34.2 Å². The number of pyridine rings is 1. The summed E-state index contributed by atoms with van der Waals surface area (Å²) in [5, 5.41) is 2.95. The van der Waals surface area contributed by atoms with Crippen molar-refractivity contribution in [2.24, 2.45) is 5.92 Å². The van der Waals surface area contributed by atoms with Gasteiger partial charge in [-0.05, 0) is 54.3 Å². The fourth-order valence-corrected chi connectivity index (χ4v) is 4.70. The molecular weight excluding hydrogens is 526 g/mol. The van der Waals surface area contributed by atoms with E-state index in [-0.39, 0.29) is 22.2 Å². The number of halogens is 5. The van der Waals surface area contributed by atoms with Crippen molar-refractivity contribution in [1.29, 1.82) is 0 Å². The van der Waals surface area contributed by atoms with Crippen molar-refractivity contribution in [2.75, 3.05) is 0 Å². The monoisotopic (exact) mass is 549 g/mol. The van der Waals surface area contributed by atoms with E-state index in [9.17, 15) is 27.2 Å². The average Bonchev–Trinajstić information content (AvgIpc) is 3.43. The Hall–Kier alpha value is -3.66. The van der Waals surface area contributed by atoms with E-state index in [1.54, 1.807) is 30.3 Å². The lowest BCUT2D eigenvalue weighted by Gasteiger charge is -2.29. The van der Waals surface area contributed by atoms with Crippen molar-refractivity contribution in [3.05, 3.63) is 100 Å². The molecule has 1 saturated carbocycles. The molecule has 38 heavy (non-hydrogen) atoms. The van der Waals surface area contributed by atoms with Gasteiger partial charge in [0.2, 0.25) is 0 Å². The first-order chi connectivity index (χ1) is 18.1. The third-order valence-electron chi connectivity index (χ3n) is 6.39. The van der Waals surface area contributed by atoms with Crippen LogP contribution in [-0.2, 0) is 15.8 Å². The lowest BCUT2D eigenvalue weighted by Crippen LogP contribution is -2.42. The van der Waals surface area contributed by atoms with Gasteiger partial charge < -0.3 is 10.2 Å². The topological polar surface area (TPSA) is 80.3 Å². The Bertz CT molecular complexity index is 1270. The maximum absolute atomic E-state index is 14.5. The van der Waals surface area contributed by atoms with Crippen molar-refractivity contribution in [2.45, 2.75) is 43.8 Å². The molecular formula is C27H24ClF4N3O3. The molecule has 0 saturated heterocycles. The van der Waals surface area contributed by atoms with Crippen LogP contribution >= 0.6 is 11.6 Å². The minimum absolute atomic E-state index is 0.0794. The first-order valence-electron chi connectivity index (χ1n) is 11.9. The molecule has 0 spiro atoms. The van der Waals surface area contributed by atoms with Crippen LogP contribution in [0.3, 0.4) is 0 Å². The summed E-state index contributed by atoms with van der Waals surface area (Å²) in [6, 6.07) is 11.6. The molecule has 4 rings (SSSR count). The summed E-state index contributed by atoms with van der Waals surface area (Å²) in [4.78, 5) is 34.3. The molecule has 1 aliphatic rings. The normalized spacial score (nSPS) is 15.5. The molecule has 11 heteroatoms. The van der Waals surface area contributed by atoms with Gasteiger partial charge in [-0.2, -0.15) is 18.7 Å². The molecule has 0 bridgehead atoms. The van der Waals surface area contributed by atoms with Gasteiger partial charge in [0.1, 0.15) is 5.82 Å². The summed E-state index contributed by atoms with van der Waals surface area (Å²) in [5.74, 6) is -3.05. The minimum atomic E-state index is -4.81. The lowest BCUT2D eigenvalue weighted by molar-refractivity contribution is -0.153. The molecule has 6 nitrogen and oxygen atoms in total. The number of hydrogen-bond donors (Lipinski definition) is 2. The Kier molecular flexibility index (Phi) is 8.51. The van der Waals surface area contributed by atoms with Crippen LogP contribution in [0.15, 0.2) is 66.9 Å². The standard InChI is InChI=1S/C27H24ClF4N3O3/c28-20-10-11-22(33-15-20)23(18-12-19(27(30,31)32)14-21(29)13-18)24(16-6-2-1-3-7-16)34-26(37)35-38-25(36)17-8-4-5-9-17/h1-3,6-7,10-15,17,23-24H,4-5,8-9H2,(H2,34,35,37)/t23-,24?/m0/s1. The Morgan fingerprint density at radius 1 is 1.00 bits per heavy atom. The van der Waals surface area contributed by atoms with Gasteiger partial charge in [-0.3, -0.25) is 4.98 Å². The van der Waals surface area contributed by atoms with Crippen LogP contribution in [0, 0.1) is 11.7 Å². The maximum Gasteiger partial charge on any atom is 0.416 e. The van der Waals surface area contributed by atoms with Crippen molar-refractivity contribution in [3.63, 3.8) is 0 Å². The summed E-state index contributed by atoms with van der Waals surface area (Å²) in [6.07, 6.45) is -0.382. The molecule has 1 heterocycles. The number of hydroxylamine groups is 1. The van der Waals surface area contributed by atoms with Crippen molar-refractivity contribution < 1.29 is 32.0 Å². The number of nitrogens with zero attached hydrogens (tertiary/aromatic N) is 1. The highest BCUT2D eigenvalue weighted by atomic mass is 35.5. The van der Waals surface area contributed by atoms with Crippen molar-refractivity contribution >= 4 is 23.6 Å². The highest BCUT2D eigenvalue weighted by Crippen LogP contribution is 2.39. The first kappa shape index (κ1) is 27.4. The largest absolute Gasteiger partial charge is 0.416 e. The first-order valence-corrected chi connectivity index (χ1v) is 12.3. The van der Waals surface area contributed by atoms with Crippen LogP contribution in [0.1, 0.15) is 60.0 Å². The zero-order chi connectivity index (χ0) is 27.3. The molecule has 2 aromatic carbocycles. The van der Waals surface area contributed by atoms with E-state index in [4.69, 9.17) is 16.4 Å². The number of benzene rings is 2. The number of amides is 2. The average molecular weight is 550 g/mol. The Morgan fingerprint density at radius 3 is 2.34 bits per heavy atom. The predicted molar refractivity (Wildman–Crippen MR) is 131 cm³/mol. The Balaban J connectivity index is 1.72. The van der Waals surface area contributed by atoms with Crippen LogP contribution < -0.4 is 10.8 Å². The molecule has 1 aromatic heterocycles.